The number of carbonyl (C=O) groups excluding carboxylic acids is 5. The van der Waals surface area contributed by atoms with Gasteiger partial charge in [-0.15, -0.1) is 22.7 Å². The Bertz CT molecular complexity index is 3890. The Hall–Kier alpha value is -7.97. The van der Waals surface area contributed by atoms with Crippen LogP contribution in [0.15, 0.2) is 153 Å². The fourth-order valence-electron chi connectivity index (χ4n) is 8.89. The van der Waals surface area contributed by atoms with E-state index in [0.29, 0.717) is 45.5 Å². The molecule has 4 N–H and O–H groups in total. The third-order valence-corrected chi connectivity index (χ3v) is 18.0. The molecule has 0 spiro atoms. The number of allylic oxidation sites excluding steroid dienone is 1. The van der Waals surface area contributed by atoms with Crippen LogP contribution in [0.5, 0.6) is 11.5 Å². The zero-order valence-electron chi connectivity index (χ0n) is 47.0. The Kier molecular flexibility index (Phi) is 22.6. The number of halogens is 1. The number of pyridine rings is 1. The number of anilines is 1. The standard InChI is InChI=1S/C31H32ClN3O8S2.C29H31N3O6S2/c1-3-42-29(38)19-35(18-22-9-7-15-44-22)31(39)30(23-10-4-5-11-26(23)43-14-6-8-20(2)36)34-45(40,41)27-16-21-12-13-28(37)33-25(21)17-24(27)32;1-5-38-27(33)18-32(17-22-9-8-14-39-22)29(34)28(23-10-6-7-11-25(23)37-4)31-40(35,36)26-16-21-13-12-20(3)30-24(21)15-19(26)2/h4-5,7,9-13,15-17,30,34H,3,6,8,14,18-19H2,1-2H3,(H,33,37);6-16,28,30-31H,3,5,17-18H2,1-2,4H3/t30-;28-/m11/s1. The first-order valence-corrected chi connectivity index (χ1v) is 31.6. The van der Waals surface area contributed by atoms with Crippen LogP contribution in [0.1, 0.15) is 77.7 Å². The lowest BCUT2D eigenvalue weighted by atomic mass is 10.0. The Morgan fingerprint density at radius 2 is 1.26 bits per heavy atom. The first-order chi connectivity index (χ1) is 40.6. The van der Waals surface area contributed by atoms with E-state index in [2.05, 4.69) is 26.3 Å². The number of sulfonamides is 2. The van der Waals surface area contributed by atoms with Gasteiger partial charge in [0.25, 0.3) is 0 Å². The van der Waals surface area contributed by atoms with E-state index in [4.69, 9.17) is 30.5 Å². The minimum Gasteiger partial charge on any atom is -0.496 e. The van der Waals surface area contributed by atoms with Gasteiger partial charge in [0, 0.05) is 50.3 Å². The van der Waals surface area contributed by atoms with Crippen molar-refractivity contribution in [1.82, 2.24) is 24.2 Å². The molecule has 2 atom stereocenters. The predicted octanol–water partition coefficient (Wildman–Crippen LogP) is 9.23. The monoisotopic (exact) mass is 1250 g/mol. The highest BCUT2D eigenvalue weighted by Crippen LogP contribution is 2.35. The van der Waals surface area contributed by atoms with Crippen LogP contribution in [-0.4, -0.2) is 101 Å². The summed E-state index contributed by atoms with van der Waals surface area (Å²) in [6.45, 7) is 10.1. The van der Waals surface area contributed by atoms with E-state index in [0.717, 1.165) is 15.4 Å². The van der Waals surface area contributed by atoms with Crippen molar-refractivity contribution in [2.45, 2.75) is 75.5 Å². The smallest absolute Gasteiger partial charge is 0.325 e. The number of aromatic nitrogens is 1. The van der Waals surface area contributed by atoms with E-state index in [-0.39, 0.29) is 83.3 Å². The fourth-order valence-corrected chi connectivity index (χ4v) is 13.5. The highest BCUT2D eigenvalue weighted by molar-refractivity contribution is 7.90. The maximum absolute atomic E-state index is 14.3. The third-order valence-electron chi connectivity index (χ3n) is 12.8. The summed E-state index contributed by atoms with van der Waals surface area (Å²) in [5.41, 5.74) is 3.02. The minimum atomic E-state index is -4.51. The number of rotatable bonds is 26. The van der Waals surface area contributed by atoms with E-state index in [1.165, 1.54) is 70.8 Å². The largest absolute Gasteiger partial charge is 0.496 e. The lowest BCUT2D eigenvalue weighted by Gasteiger charge is -2.28. The molecular formula is C60H63ClN6O14S4. The molecule has 0 saturated heterocycles. The number of carbonyl (C=O) groups is 5. The number of hydrogen-bond donors (Lipinski definition) is 4. The molecule has 448 valence electrons. The van der Waals surface area contributed by atoms with Gasteiger partial charge in [-0.25, -0.2) is 16.8 Å². The molecule has 2 amide bonds. The second-order valence-corrected chi connectivity index (χ2v) is 24.9. The van der Waals surface area contributed by atoms with Crippen molar-refractivity contribution >= 4 is 107 Å². The molecule has 0 fully saturated rings. The first kappa shape index (κ1) is 64.6. The summed E-state index contributed by atoms with van der Waals surface area (Å²) in [6, 6.07) is 26.0. The van der Waals surface area contributed by atoms with Crippen molar-refractivity contribution in [3.63, 3.8) is 0 Å². The van der Waals surface area contributed by atoms with Crippen molar-refractivity contribution in [2.24, 2.45) is 0 Å². The van der Waals surface area contributed by atoms with Gasteiger partial charge in [-0.2, -0.15) is 9.44 Å². The Morgan fingerprint density at radius 3 is 1.80 bits per heavy atom. The minimum absolute atomic E-state index is 0.00720. The molecule has 1 aliphatic heterocycles. The summed E-state index contributed by atoms with van der Waals surface area (Å²) < 4.78 is 82.4. The van der Waals surface area contributed by atoms with Gasteiger partial charge in [0.15, 0.2) is 0 Å². The fraction of sp³-hybridized carbons (Fsp3) is 0.267. The lowest BCUT2D eigenvalue weighted by Crippen LogP contribution is -2.45. The van der Waals surface area contributed by atoms with Gasteiger partial charge in [-0.3, -0.25) is 24.0 Å². The summed E-state index contributed by atoms with van der Waals surface area (Å²) in [6.07, 6.45) is 4.23. The number of esters is 2. The summed E-state index contributed by atoms with van der Waals surface area (Å²) in [4.78, 5) is 83.2. The number of ether oxygens (including phenoxy) is 4. The van der Waals surface area contributed by atoms with Crippen LogP contribution < -0.4 is 29.8 Å². The Labute approximate surface area is 505 Å². The Morgan fingerprint density at radius 1 is 0.706 bits per heavy atom. The van der Waals surface area contributed by atoms with E-state index in [9.17, 15) is 45.6 Å². The second kappa shape index (κ2) is 29.7. The molecule has 0 aliphatic carbocycles. The number of thiophene rings is 2. The lowest BCUT2D eigenvalue weighted by molar-refractivity contribution is -0.150. The number of hydrogen-bond acceptors (Lipinski definition) is 17. The van der Waals surface area contributed by atoms with Crippen molar-refractivity contribution in [2.75, 3.05) is 45.3 Å². The summed E-state index contributed by atoms with van der Waals surface area (Å²) in [5.74, 6) is -2.08. The number of benzene rings is 4. The van der Waals surface area contributed by atoms with Gasteiger partial charge in [0.2, 0.25) is 37.4 Å². The highest BCUT2D eigenvalue weighted by atomic mass is 35.5. The number of fused-ring (bicyclic) bond motifs is 2. The summed E-state index contributed by atoms with van der Waals surface area (Å²) in [7, 11) is -7.31. The third kappa shape index (κ3) is 17.3. The number of amides is 2. The zero-order valence-corrected chi connectivity index (χ0v) is 51.1. The van der Waals surface area contributed by atoms with Gasteiger partial charge in [-0.05, 0) is 122 Å². The summed E-state index contributed by atoms with van der Waals surface area (Å²) in [5, 5.41) is 7.03. The molecule has 85 heavy (non-hydrogen) atoms. The van der Waals surface area contributed by atoms with E-state index in [1.807, 2.05) is 22.9 Å². The predicted molar refractivity (Wildman–Crippen MR) is 326 cm³/mol. The summed E-state index contributed by atoms with van der Waals surface area (Å²) >= 11 is 9.19. The van der Waals surface area contributed by atoms with Crippen LogP contribution in [0.25, 0.3) is 17.0 Å². The molecule has 0 radical (unpaired) electrons. The normalized spacial score (nSPS) is 12.6. The van der Waals surface area contributed by atoms with E-state index in [1.54, 1.807) is 106 Å². The van der Waals surface area contributed by atoms with Gasteiger partial charge >= 0.3 is 11.9 Å². The van der Waals surface area contributed by atoms with Crippen molar-refractivity contribution in [3.8, 4) is 11.5 Å². The van der Waals surface area contributed by atoms with Crippen molar-refractivity contribution in [3.05, 3.63) is 186 Å². The van der Waals surface area contributed by atoms with Crippen LogP contribution >= 0.6 is 34.3 Å². The molecule has 7 aromatic rings. The maximum Gasteiger partial charge on any atom is 0.325 e. The van der Waals surface area contributed by atoms with Gasteiger partial charge < -0.3 is 43.8 Å². The maximum atomic E-state index is 14.3. The topological polar surface area (TPSA) is 266 Å². The molecule has 20 nitrogen and oxygen atoms in total. The number of Topliss-reactive ketones (excluding diaryl/α,β-unsaturated/α-hetero) is 1. The highest BCUT2D eigenvalue weighted by Gasteiger charge is 2.37. The molecule has 0 bridgehead atoms. The SMILES string of the molecule is C=C1C=Cc2cc(S(=O)(=O)N[C@@H](C(=O)N(CC(=O)OCC)Cc3cccs3)c3ccccc3OC)c(C)cc2N1.CCOC(=O)CN(Cc1cccs1)C(=O)[C@H](NS(=O)(=O)c1cc2ccc(=O)[nH]c2cc1Cl)c1ccccc1OCCCC(C)=O. The number of ketones is 1. The molecule has 1 aliphatic rings. The van der Waals surface area contributed by atoms with Gasteiger partial charge in [0.05, 0.1) is 49.9 Å². The van der Waals surface area contributed by atoms with Gasteiger partial charge in [0.1, 0.15) is 47.4 Å². The number of aryl methyl sites for hydroxylation is 1. The van der Waals surface area contributed by atoms with E-state index < -0.39 is 62.4 Å². The van der Waals surface area contributed by atoms with Crippen LogP contribution in [0.4, 0.5) is 5.69 Å². The molecule has 4 aromatic carbocycles. The van der Waals surface area contributed by atoms with Crippen LogP contribution in [0.3, 0.4) is 0 Å². The number of methoxy groups -OCH3 is 1. The molecule has 0 unspecified atom stereocenters. The quantitative estimate of drug-likeness (QED) is 0.0291. The number of aromatic amines is 1. The van der Waals surface area contributed by atoms with Crippen LogP contribution in [0, 0.1) is 6.92 Å². The zero-order chi connectivity index (χ0) is 61.4. The van der Waals surface area contributed by atoms with Crippen LogP contribution in [0.2, 0.25) is 5.02 Å². The number of para-hydroxylation sites is 2. The molecule has 0 saturated carbocycles. The average molecular weight is 1260 g/mol. The van der Waals surface area contributed by atoms with E-state index >= 15 is 0 Å². The Balaban J connectivity index is 0.000000245. The number of H-pyrrole nitrogens is 1. The first-order valence-electron chi connectivity index (χ1n) is 26.5. The van der Waals surface area contributed by atoms with Crippen molar-refractivity contribution < 1.29 is 59.8 Å². The van der Waals surface area contributed by atoms with Crippen molar-refractivity contribution in [1.29, 1.82) is 0 Å². The van der Waals surface area contributed by atoms with Gasteiger partial charge in [-0.1, -0.05) is 72.8 Å². The number of nitrogens with zero attached hydrogens (tertiary/aromatic N) is 2. The second-order valence-electron chi connectivity index (χ2n) is 19.1. The molecule has 4 heterocycles. The molecule has 3 aromatic heterocycles. The molecular weight excluding hydrogens is 1190 g/mol. The average Bonchev–Trinajstić information content (AvgIpc) is 3.89. The molecule has 25 heteroatoms. The number of nitrogens with one attached hydrogen (secondary N) is 4. The van der Waals surface area contributed by atoms with Crippen LogP contribution in [-0.2, 0) is 66.6 Å². The molecule has 8 rings (SSSR count).